The quantitative estimate of drug-likeness (QED) is 0.744. The van der Waals surface area contributed by atoms with Crippen molar-refractivity contribution in [3.8, 4) is 0 Å². The lowest BCUT2D eigenvalue weighted by Gasteiger charge is -2.35. The van der Waals surface area contributed by atoms with Crippen LogP contribution in [-0.2, 0) is 4.79 Å². The van der Waals surface area contributed by atoms with E-state index in [2.05, 4.69) is 20.3 Å². The van der Waals surface area contributed by atoms with Gasteiger partial charge in [0.05, 0.1) is 11.8 Å². The van der Waals surface area contributed by atoms with E-state index < -0.39 is 6.04 Å². The maximum Gasteiger partial charge on any atom is 0.273 e. The Morgan fingerprint density at radius 1 is 1.24 bits per heavy atom. The van der Waals surface area contributed by atoms with E-state index in [0.29, 0.717) is 18.7 Å². The van der Waals surface area contributed by atoms with Crippen molar-refractivity contribution in [2.75, 3.05) is 13.1 Å². The molecule has 1 unspecified atom stereocenters. The summed E-state index contributed by atoms with van der Waals surface area (Å²) in [6.45, 7) is 2.80. The molecule has 1 aromatic carbocycles. The van der Waals surface area contributed by atoms with Gasteiger partial charge < -0.3 is 15.2 Å². The molecule has 0 bridgehead atoms. The summed E-state index contributed by atoms with van der Waals surface area (Å²) in [5.41, 5.74) is 3.34. The van der Waals surface area contributed by atoms with E-state index in [0.717, 1.165) is 16.6 Å². The third kappa shape index (κ3) is 2.63. The molecule has 0 radical (unpaired) electrons. The third-order valence-electron chi connectivity index (χ3n) is 4.46. The number of aryl methyl sites for hydroxylation is 1. The highest BCUT2D eigenvalue weighted by Crippen LogP contribution is 2.27. The van der Waals surface area contributed by atoms with Crippen LogP contribution in [0.2, 0.25) is 0 Å². The lowest BCUT2D eigenvalue weighted by molar-refractivity contribution is -0.128. The molecule has 1 saturated heterocycles. The van der Waals surface area contributed by atoms with Gasteiger partial charge in [0, 0.05) is 13.1 Å². The molecule has 0 saturated carbocycles. The van der Waals surface area contributed by atoms with Crippen LogP contribution in [0.25, 0.3) is 11.2 Å². The third-order valence-corrected chi connectivity index (χ3v) is 4.46. The Hall–Kier alpha value is -3.22. The van der Waals surface area contributed by atoms with Crippen molar-refractivity contribution >= 4 is 23.0 Å². The first-order chi connectivity index (χ1) is 12.1. The molecule has 126 valence electrons. The van der Waals surface area contributed by atoms with E-state index in [4.69, 9.17) is 0 Å². The Morgan fingerprint density at radius 3 is 2.92 bits per heavy atom. The van der Waals surface area contributed by atoms with Gasteiger partial charge in [0.1, 0.15) is 11.7 Å². The molecule has 3 aromatic rings. The van der Waals surface area contributed by atoms with Crippen molar-refractivity contribution < 1.29 is 9.59 Å². The molecule has 1 atom stereocenters. The number of carbonyl (C=O) groups is 2. The number of imidazole rings is 1. The minimum absolute atomic E-state index is 0.172. The van der Waals surface area contributed by atoms with Gasteiger partial charge in [-0.2, -0.15) is 0 Å². The Kier molecular flexibility index (Phi) is 3.68. The van der Waals surface area contributed by atoms with Crippen LogP contribution in [0.1, 0.15) is 27.7 Å². The molecule has 1 aliphatic rings. The molecular weight excluding hydrogens is 318 g/mol. The van der Waals surface area contributed by atoms with E-state index in [1.165, 1.54) is 6.33 Å². The van der Waals surface area contributed by atoms with Crippen molar-refractivity contribution in [3.63, 3.8) is 0 Å². The number of nitrogens with zero attached hydrogens (tertiary/aromatic N) is 3. The van der Waals surface area contributed by atoms with Gasteiger partial charge >= 0.3 is 0 Å². The molecule has 4 rings (SSSR count). The van der Waals surface area contributed by atoms with Crippen molar-refractivity contribution in [3.05, 3.63) is 59.5 Å². The predicted octanol–water partition coefficient (Wildman–Crippen LogP) is 1.58. The van der Waals surface area contributed by atoms with E-state index in [-0.39, 0.29) is 17.5 Å². The summed E-state index contributed by atoms with van der Waals surface area (Å²) < 4.78 is 0. The molecule has 1 fully saturated rings. The Bertz CT molecular complexity index is 965. The second kappa shape index (κ2) is 6.01. The van der Waals surface area contributed by atoms with Gasteiger partial charge in [0.25, 0.3) is 5.91 Å². The number of benzene rings is 1. The van der Waals surface area contributed by atoms with E-state index in [9.17, 15) is 9.59 Å². The summed E-state index contributed by atoms with van der Waals surface area (Å²) in [5, 5.41) is 2.85. The molecular formula is C18H17N5O2. The summed E-state index contributed by atoms with van der Waals surface area (Å²) in [5.74, 6) is -0.442. The molecule has 7 heteroatoms. The largest absolute Gasteiger partial charge is 0.352 e. The smallest absolute Gasteiger partial charge is 0.273 e. The van der Waals surface area contributed by atoms with Crippen LogP contribution in [0.15, 0.2) is 42.7 Å². The average molecular weight is 335 g/mol. The van der Waals surface area contributed by atoms with Gasteiger partial charge in [-0.25, -0.2) is 9.97 Å². The maximum atomic E-state index is 13.1. The van der Waals surface area contributed by atoms with Crippen LogP contribution in [0.3, 0.4) is 0 Å². The van der Waals surface area contributed by atoms with E-state index in [1.807, 2.05) is 31.2 Å². The number of aromatic nitrogens is 3. The number of carbonyl (C=O) groups excluding carboxylic acids is 2. The number of nitrogens with one attached hydrogen (secondary N) is 2. The zero-order valence-corrected chi connectivity index (χ0v) is 13.7. The van der Waals surface area contributed by atoms with Gasteiger partial charge in [0.2, 0.25) is 5.91 Å². The van der Waals surface area contributed by atoms with Crippen LogP contribution in [0.5, 0.6) is 0 Å². The number of aromatic amines is 1. The van der Waals surface area contributed by atoms with Crippen molar-refractivity contribution in [2.24, 2.45) is 0 Å². The highest BCUT2D eigenvalue weighted by atomic mass is 16.2. The average Bonchev–Trinajstić information content (AvgIpc) is 3.09. The number of hydrogen-bond acceptors (Lipinski definition) is 4. The molecule has 0 aliphatic carbocycles. The molecule has 2 aromatic heterocycles. The SMILES string of the molecule is Cc1ccccc1C1C(=O)NCCN1C(=O)c1ccc2[nH]cnc2n1. The van der Waals surface area contributed by atoms with Crippen molar-refractivity contribution in [1.29, 1.82) is 0 Å². The summed E-state index contributed by atoms with van der Waals surface area (Å²) in [6.07, 6.45) is 1.54. The topological polar surface area (TPSA) is 91.0 Å². The number of hydrogen-bond donors (Lipinski definition) is 2. The molecule has 0 spiro atoms. The van der Waals surface area contributed by atoms with Crippen molar-refractivity contribution in [1.82, 2.24) is 25.2 Å². The first kappa shape index (κ1) is 15.3. The summed E-state index contributed by atoms with van der Waals surface area (Å²) in [7, 11) is 0. The Labute approximate surface area is 144 Å². The zero-order valence-electron chi connectivity index (χ0n) is 13.7. The van der Waals surface area contributed by atoms with E-state index >= 15 is 0 Å². The van der Waals surface area contributed by atoms with Crippen LogP contribution >= 0.6 is 0 Å². The lowest BCUT2D eigenvalue weighted by atomic mass is 9.97. The number of piperazine rings is 1. The second-order valence-corrected chi connectivity index (χ2v) is 6.02. The highest BCUT2D eigenvalue weighted by molar-refractivity contribution is 5.98. The summed E-state index contributed by atoms with van der Waals surface area (Å²) in [6, 6.07) is 10.4. The number of H-pyrrole nitrogens is 1. The van der Waals surface area contributed by atoms with Gasteiger partial charge in [-0.05, 0) is 30.2 Å². The van der Waals surface area contributed by atoms with E-state index in [1.54, 1.807) is 17.0 Å². The Balaban J connectivity index is 1.74. The van der Waals surface area contributed by atoms with Gasteiger partial charge in [0.15, 0.2) is 5.65 Å². The first-order valence-electron chi connectivity index (χ1n) is 8.09. The van der Waals surface area contributed by atoms with Gasteiger partial charge in [-0.15, -0.1) is 0 Å². The van der Waals surface area contributed by atoms with Gasteiger partial charge in [-0.1, -0.05) is 24.3 Å². The standard InChI is InChI=1S/C18H17N5O2/c1-11-4-2-3-5-12(11)15-17(24)19-8-9-23(15)18(25)14-7-6-13-16(22-14)21-10-20-13/h2-7,10,15H,8-9H2,1H3,(H,19,24)(H,20,21,22). The monoisotopic (exact) mass is 335 g/mol. The van der Waals surface area contributed by atoms with Crippen LogP contribution < -0.4 is 5.32 Å². The molecule has 7 nitrogen and oxygen atoms in total. The number of rotatable bonds is 2. The lowest BCUT2D eigenvalue weighted by Crippen LogP contribution is -2.52. The molecule has 3 heterocycles. The fourth-order valence-electron chi connectivity index (χ4n) is 3.18. The molecule has 2 N–H and O–H groups in total. The number of amides is 2. The highest BCUT2D eigenvalue weighted by Gasteiger charge is 2.36. The number of fused-ring (bicyclic) bond motifs is 1. The fraction of sp³-hybridized carbons (Fsp3) is 0.222. The maximum absolute atomic E-state index is 13.1. The van der Waals surface area contributed by atoms with Crippen molar-refractivity contribution in [2.45, 2.75) is 13.0 Å². The van der Waals surface area contributed by atoms with Crippen LogP contribution in [0, 0.1) is 6.92 Å². The zero-order chi connectivity index (χ0) is 17.4. The number of pyridine rings is 1. The minimum Gasteiger partial charge on any atom is -0.352 e. The first-order valence-corrected chi connectivity index (χ1v) is 8.09. The predicted molar refractivity (Wildman–Crippen MR) is 91.9 cm³/mol. The normalized spacial score (nSPS) is 17.6. The van der Waals surface area contributed by atoms with Gasteiger partial charge in [-0.3, -0.25) is 9.59 Å². The molecule has 25 heavy (non-hydrogen) atoms. The Morgan fingerprint density at radius 2 is 2.08 bits per heavy atom. The summed E-state index contributed by atoms with van der Waals surface area (Å²) >= 11 is 0. The van der Waals surface area contributed by atoms with Crippen LogP contribution in [0.4, 0.5) is 0 Å². The fourth-order valence-corrected chi connectivity index (χ4v) is 3.18. The second-order valence-electron chi connectivity index (χ2n) is 6.02. The molecule has 1 aliphatic heterocycles. The van der Waals surface area contributed by atoms with Crippen LogP contribution in [-0.4, -0.2) is 44.8 Å². The molecule has 2 amide bonds. The summed E-state index contributed by atoms with van der Waals surface area (Å²) in [4.78, 5) is 38.5. The minimum atomic E-state index is -0.654.